The van der Waals surface area contributed by atoms with Gasteiger partial charge in [0.25, 0.3) is 0 Å². The monoisotopic (exact) mass is 267 g/mol. The molecular weight excluding hydrogens is 253 g/mol. The number of rotatable bonds is 6. The van der Waals surface area contributed by atoms with E-state index in [2.05, 4.69) is 0 Å². The fourth-order valence-electron chi connectivity index (χ4n) is 0.959. The zero-order valence-electron chi connectivity index (χ0n) is 7.86. The second-order valence-electron chi connectivity index (χ2n) is 3.38. The summed E-state index contributed by atoms with van der Waals surface area (Å²) < 4.78 is 5.30. The Labute approximate surface area is 94.9 Å². The summed E-state index contributed by atoms with van der Waals surface area (Å²) in [5, 5.41) is 0. The van der Waals surface area contributed by atoms with Crippen LogP contribution in [-0.2, 0) is 4.74 Å². The molecule has 0 aliphatic rings. The second kappa shape index (κ2) is 5.89. The molecule has 0 heterocycles. The van der Waals surface area contributed by atoms with E-state index in [1.165, 1.54) is 0 Å². The molecule has 0 aliphatic heterocycles. The molecule has 2 N–H and O–H groups in total. The topological polar surface area (TPSA) is 35.2 Å². The predicted molar refractivity (Wildman–Crippen MR) is 63.5 cm³/mol. The maximum Gasteiger partial charge on any atom is 0.0947 e. The Morgan fingerprint density at radius 3 is 2.23 bits per heavy atom. The molecular formula is C7H16Cl3NOS. The number of nitrogens with two attached hydrogens (primary N) is 1. The average Bonchev–Trinajstić information content (AvgIpc) is 1.82. The first kappa shape index (κ1) is 14.1. The number of halogens is 3. The summed E-state index contributed by atoms with van der Waals surface area (Å²) in [5.41, 5.74) is 5.06. The van der Waals surface area contributed by atoms with Gasteiger partial charge >= 0.3 is 0 Å². The van der Waals surface area contributed by atoms with Crippen LogP contribution in [0.1, 0.15) is 26.7 Å². The quantitative estimate of drug-likeness (QED) is 0.745. The molecule has 0 amide bonds. The zero-order valence-corrected chi connectivity index (χ0v) is 10.9. The summed E-state index contributed by atoms with van der Waals surface area (Å²) in [6.07, 6.45) is 1.70. The van der Waals surface area contributed by atoms with Crippen molar-refractivity contribution in [1.29, 1.82) is 0 Å². The number of ether oxygens (including phenoxy) is 1. The lowest BCUT2D eigenvalue weighted by molar-refractivity contribution is -0.0201. The Balaban J connectivity index is 3.63. The fourth-order valence-corrected chi connectivity index (χ4v) is 2.41. The van der Waals surface area contributed by atoms with Crippen LogP contribution in [-0.4, -0.2) is 18.1 Å². The molecule has 0 rings (SSSR count). The lowest BCUT2D eigenvalue weighted by Crippen LogP contribution is -2.27. The van der Waals surface area contributed by atoms with Gasteiger partial charge in [0.2, 0.25) is 0 Å². The zero-order chi connectivity index (χ0) is 10.5. The smallest absolute Gasteiger partial charge is 0.0947 e. The van der Waals surface area contributed by atoms with Crippen molar-refractivity contribution in [3.8, 4) is 0 Å². The van der Waals surface area contributed by atoms with Gasteiger partial charge in [-0.1, -0.05) is 0 Å². The molecule has 0 aromatic carbocycles. The van der Waals surface area contributed by atoms with Crippen molar-refractivity contribution >= 4 is 39.7 Å². The normalized spacial score (nSPS) is 14.6. The highest BCUT2D eigenvalue weighted by molar-refractivity contribution is 8.79. The Hall–Kier alpha value is 1.14. The third-order valence-electron chi connectivity index (χ3n) is 1.63. The van der Waals surface area contributed by atoms with Crippen LogP contribution in [0.3, 0.4) is 0 Å². The van der Waals surface area contributed by atoms with E-state index in [4.69, 9.17) is 42.5 Å². The van der Waals surface area contributed by atoms with E-state index < -0.39 is 7.67 Å². The van der Waals surface area contributed by atoms with Gasteiger partial charge < -0.3 is 10.5 Å². The Bertz CT molecular complexity index is 149. The van der Waals surface area contributed by atoms with E-state index in [9.17, 15) is 0 Å². The van der Waals surface area contributed by atoms with E-state index in [1.807, 2.05) is 13.8 Å². The van der Waals surface area contributed by atoms with Crippen molar-refractivity contribution in [3.05, 3.63) is 0 Å². The Morgan fingerprint density at radius 2 is 1.85 bits per heavy atom. The lowest BCUT2D eigenvalue weighted by Gasteiger charge is -2.25. The summed E-state index contributed by atoms with van der Waals surface area (Å²) in [6.45, 7) is 4.19. The van der Waals surface area contributed by atoms with Crippen molar-refractivity contribution in [2.45, 2.75) is 32.3 Å². The Morgan fingerprint density at radius 1 is 1.31 bits per heavy atom. The summed E-state index contributed by atoms with van der Waals surface area (Å²) in [4.78, 5) is 0. The maximum atomic E-state index is 5.69. The van der Waals surface area contributed by atoms with Crippen molar-refractivity contribution in [2.75, 3.05) is 12.5 Å². The molecule has 0 saturated heterocycles. The largest absolute Gasteiger partial charge is 0.361 e. The summed E-state index contributed by atoms with van der Waals surface area (Å²) in [7, 11) is 15.1. The molecule has 0 aliphatic carbocycles. The van der Waals surface area contributed by atoms with Gasteiger partial charge in [-0.3, -0.25) is 0 Å². The SMILES string of the molecule is CC(C)(CCCS(Cl)(Cl)Cl)OCN. The average molecular weight is 269 g/mol. The van der Waals surface area contributed by atoms with Crippen LogP contribution in [0.5, 0.6) is 0 Å². The van der Waals surface area contributed by atoms with Gasteiger partial charge in [0.1, 0.15) is 0 Å². The highest BCUT2D eigenvalue weighted by Crippen LogP contribution is 2.63. The highest BCUT2D eigenvalue weighted by atomic mass is 36.2. The molecule has 13 heavy (non-hydrogen) atoms. The van der Waals surface area contributed by atoms with Crippen LogP contribution in [0.25, 0.3) is 0 Å². The highest BCUT2D eigenvalue weighted by Gasteiger charge is 2.20. The van der Waals surface area contributed by atoms with E-state index in [1.54, 1.807) is 0 Å². The molecule has 0 aromatic rings. The van der Waals surface area contributed by atoms with Gasteiger partial charge in [-0.25, -0.2) is 0 Å². The molecule has 0 spiro atoms. The molecule has 6 heteroatoms. The summed E-state index contributed by atoms with van der Waals surface area (Å²) in [5.74, 6) is 0.620. The standard InChI is InChI=1S/C7H16Cl3NOS/c1-7(2,12-6-11)4-3-5-13(8,9)10/h3-6,11H2,1-2H3. The minimum absolute atomic E-state index is 0.218. The van der Waals surface area contributed by atoms with E-state index in [0.29, 0.717) is 5.75 Å². The predicted octanol–water partition coefficient (Wildman–Crippen LogP) is 3.74. The van der Waals surface area contributed by atoms with E-state index in [-0.39, 0.29) is 12.3 Å². The van der Waals surface area contributed by atoms with Gasteiger partial charge in [0.15, 0.2) is 0 Å². The van der Waals surface area contributed by atoms with Gasteiger partial charge in [0, 0.05) is 5.75 Å². The van der Waals surface area contributed by atoms with Gasteiger partial charge in [0.05, 0.1) is 12.3 Å². The molecule has 0 aromatic heterocycles. The minimum atomic E-state index is -1.93. The van der Waals surface area contributed by atoms with Crippen molar-refractivity contribution in [1.82, 2.24) is 0 Å². The van der Waals surface area contributed by atoms with Crippen LogP contribution in [0.15, 0.2) is 0 Å². The maximum absolute atomic E-state index is 5.69. The van der Waals surface area contributed by atoms with Crippen LogP contribution >= 0.6 is 39.7 Å². The number of hydrogen-bond acceptors (Lipinski definition) is 2. The number of hydrogen-bond donors (Lipinski definition) is 1. The first-order valence-corrected chi connectivity index (χ1v) is 8.29. The van der Waals surface area contributed by atoms with Crippen molar-refractivity contribution in [3.63, 3.8) is 0 Å². The first-order chi connectivity index (χ1) is 5.77. The molecule has 0 radical (unpaired) electrons. The molecule has 82 valence electrons. The lowest BCUT2D eigenvalue weighted by atomic mass is 10.0. The van der Waals surface area contributed by atoms with Gasteiger partial charge in [-0.15, -0.1) is 0 Å². The Kier molecular flexibility index (Phi) is 6.40. The van der Waals surface area contributed by atoms with Crippen LogP contribution in [0, 0.1) is 0 Å². The van der Waals surface area contributed by atoms with E-state index >= 15 is 0 Å². The molecule has 0 unspecified atom stereocenters. The summed E-state index contributed by atoms with van der Waals surface area (Å²) >= 11 is 0. The first-order valence-electron chi connectivity index (χ1n) is 4.01. The van der Waals surface area contributed by atoms with E-state index in [0.717, 1.165) is 12.8 Å². The van der Waals surface area contributed by atoms with Gasteiger partial charge in [-0.2, -0.15) is 0 Å². The van der Waals surface area contributed by atoms with Gasteiger partial charge in [-0.05, 0) is 66.4 Å². The van der Waals surface area contributed by atoms with Crippen LogP contribution < -0.4 is 5.73 Å². The molecule has 0 fully saturated rings. The molecule has 0 saturated carbocycles. The molecule has 2 nitrogen and oxygen atoms in total. The van der Waals surface area contributed by atoms with Crippen molar-refractivity contribution in [2.24, 2.45) is 5.73 Å². The van der Waals surface area contributed by atoms with Crippen LogP contribution in [0.2, 0.25) is 0 Å². The second-order valence-corrected chi connectivity index (χ2v) is 11.0. The third kappa shape index (κ3) is 9.44. The van der Waals surface area contributed by atoms with Crippen LogP contribution in [0.4, 0.5) is 0 Å². The minimum Gasteiger partial charge on any atom is -0.361 e. The third-order valence-corrected chi connectivity index (χ3v) is 3.77. The fraction of sp³-hybridized carbons (Fsp3) is 1.00. The summed E-state index contributed by atoms with van der Waals surface area (Å²) in [6, 6.07) is 0. The van der Waals surface area contributed by atoms with Crippen molar-refractivity contribution < 1.29 is 4.74 Å². The molecule has 0 atom stereocenters. The molecule has 0 bridgehead atoms.